The molecule has 4 heterocycles. The number of halogens is 2. The summed E-state index contributed by atoms with van der Waals surface area (Å²) in [5, 5.41) is 17.6. The summed E-state index contributed by atoms with van der Waals surface area (Å²) in [4.78, 5) is 11.0. The first-order chi connectivity index (χ1) is 16.9. The van der Waals surface area contributed by atoms with Gasteiger partial charge in [0.15, 0.2) is 11.6 Å². The zero-order valence-electron chi connectivity index (χ0n) is 19.9. The highest BCUT2D eigenvalue weighted by atomic mass is 19.1. The van der Waals surface area contributed by atoms with Gasteiger partial charge in [0.05, 0.1) is 17.6 Å². The van der Waals surface area contributed by atoms with Crippen molar-refractivity contribution in [1.29, 1.82) is 0 Å². The van der Waals surface area contributed by atoms with Crippen molar-refractivity contribution in [2.45, 2.75) is 75.9 Å². The number of aromatic nitrogens is 6. The molecule has 1 aromatic carbocycles. The van der Waals surface area contributed by atoms with Gasteiger partial charge in [-0.05, 0) is 93.0 Å². The Morgan fingerprint density at radius 1 is 1.11 bits per heavy atom. The highest BCUT2D eigenvalue weighted by molar-refractivity contribution is 5.62. The molecule has 2 atom stereocenters. The van der Waals surface area contributed by atoms with Crippen molar-refractivity contribution >= 4 is 17.5 Å². The first-order valence-electron chi connectivity index (χ1n) is 12.3. The maximum atomic E-state index is 15.0. The fraction of sp³-hybridized carbons (Fsp3) is 0.542. The molecule has 11 heteroatoms. The number of nitrogens with zero attached hydrogens (tertiary/aromatic N) is 7. The second kappa shape index (κ2) is 8.47. The fourth-order valence-electron chi connectivity index (χ4n) is 5.83. The van der Waals surface area contributed by atoms with Crippen LogP contribution >= 0.6 is 0 Å². The predicted molar refractivity (Wildman–Crippen MR) is 127 cm³/mol. The van der Waals surface area contributed by atoms with E-state index >= 15 is 4.39 Å². The molecule has 0 bridgehead atoms. The zero-order chi connectivity index (χ0) is 24.2. The largest absolute Gasteiger partial charge is 0.365 e. The molecule has 2 saturated heterocycles. The molecule has 1 aliphatic carbocycles. The van der Waals surface area contributed by atoms with E-state index in [9.17, 15) is 4.39 Å². The Morgan fingerprint density at radius 3 is 2.74 bits per heavy atom. The van der Waals surface area contributed by atoms with Crippen molar-refractivity contribution in [3.8, 4) is 5.69 Å². The smallest absolute Gasteiger partial charge is 0.229 e. The Labute approximate surface area is 202 Å². The molecule has 0 spiro atoms. The minimum Gasteiger partial charge on any atom is -0.365 e. The molecular weight excluding hydrogens is 452 g/mol. The monoisotopic (exact) mass is 481 g/mol. The highest BCUT2D eigenvalue weighted by Crippen LogP contribution is 2.44. The number of anilines is 3. The average molecular weight is 482 g/mol. The van der Waals surface area contributed by atoms with Gasteiger partial charge in [0, 0.05) is 17.6 Å². The molecule has 9 nitrogen and oxygen atoms in total. The van der Waals surface area contributed by atoms with E-state index in [2.05, 4.69) is 54.9 Å². The van der Waals surface area contributed by atoms with Crippen LogP contribution in [-0.2, 0) is 0 Å². The predicted octanol–water partition coefficient (Wildman–Crippen LogP) is 4.17. The molecule has 2 aliphatic heterocycles. The summed E-state index contributed by atoms with van der Waals surface area (Å²) in [6.07, 6.45) is 8.82. The quantitative estimate of drug-likeness (QED) is 0.542. The SMILES string of the molecule is CC1(C)C[C@@H](Nc2nc(Nc3cc(-n4cnnn4)c(C4CC4)cc3F)ncc2F)C[C@@H]2CCCN21. The summed E-state index contributed by atoms with van der Waals surface area (Å²) in [5.41, 5.74) is 1.79. The van der Waals surface area contributed by atoms with E-state index in [1.807, 2.05) is 0 Å². The molecule has 0 radical (unpaired) electrons. The lowest BCUT2D eigenvalue weighted by Crippen LogP contribution is -2.55. The van der Waals surface area contributed by atoms with Crippen molar-refractivity contribution in [3.63, 3.8) is 0 Å². The lowest BCUT2D eigenvalue weighted by Gasteiger charge is -2.47. The van der Waals surface area contributed by atoms with Crippen LogP contribution in [0.25, 0.3) is 5.69 Å². The summed E-state index contributed by atoms with van der Waals surface area (Å²) >= 11 is 0. The van der Waals surface area contributed by atoms with E-state index < -0.39 is 11.6 Å². The van der Waals surface area contributed by atoms with Crippen LogP contribution in [0.2, 0.25) is 0 Å². The van der Waals surface area contributed by atoms with E-state index in [4.69, 9.17) is 0 Å². The number of fused-ring (bicyclic) bond motifs is 1. The van der Waals surface area contributed by atoms with Crippen molar-refractivity contribution in [3.05, 3.63) is 41.9 Å². The number of piperidine rings is 1. The first-order valence-corrected chi connectivity index (χ1v) is 12.3. The van der Waals surface area contributed by atoms with E-state index in [0.29, 0.717) is 17.6 Å². The van der Waals surface area contributed by atoms with Crippen LogP contribution in [0.5, 0.6) is 0 Å². The number of hydrogen-bond acceptors (Lipinski definition) is 8. The van der Waals surface area contributed by atoms with Gasteiger partial charge in [0.25, 0.3) is 0 Å². The third-order valence-electron chi connectivity index (χ3n) is 7.52. The van der Waals surface area contributed by atoms with Crippen molar-refractivity contribution in [2.24, 2.45) is 0 Å². The van der Waals surface area contributed by atoms with E-state index in [-0.39, 0.29) is 29.0 Å². The van der Waals surface area contributed by atoms with Gasteiger partial charge in [0.2, 0.25) is 5.95 Å². The Bertz CT molecular complexity index is 1230. The third kappa shape index (κ3) is 4.33. The summed E-state index contributed by atoms with van der Waals surface area (Å²) in [6, 6.07) is 3.76. The zero-order valence-corrected chi connectivity index (χ0v) is 19.9. The Morgan fingerprint density at radius 2 is 1.97 bits per heavy atom. The van der Waals surface area contributed by atoms with Gasteiger partial charge in [-0.25, -0.2) is 18.4 Å². The van der Waals surface area contributed by atoms with Crippen LogP contribution in [0.15, 0.2) is 24.7 Å². The molecule has 2 aromatic heterocycles. The highest BCUT2D eigenvalue weighted by Gasteiger charge is 2.43. The Hall–Kier alpha value is -3.21. The Kier molecular flexibility index (Phi) is 5.39. The van der Waals surface area contributed by atoms with Crippen molar-refractivity contribution in [1.82, 2.24) is 35.1 Å². The third-order valence-corrected chi connectivity index (χ3v) is 7.52. The van der Waals surface area contributed by atoms with Gasteiger partial charge in [-0.3, -0.25) is 4.90 Å². The van der Waals surface area contributed by atoms with E-state index in [0.717, 1.165) is 44.0 Å². The van der Waals surface area contributed by atoms with Crippen LogP contribution in [0.3, 0.4) is 0 Å². The molecule has 1 saturated carbocycles. The van der Waals surface area contributed by atoms with Gasteiger partial charge in [-0.15, -0.1) is 5.10 Å². The number of rotatable bonds is 6. The molecular formula is C24H29F2N9. The summed E-state index contributed by atoms with van der Waals surface area (Å²) in [7, 11) is 0. The number of tetrazole rings is 1. The van der Waals surface area contributed by atoms with Crippen LogP contribution in [0, 0.1) is 11.6 Å². The van der Waals surface area contributed by atoms with Gasteiger partial charge < -0.3 is 10.6 Å². The van der Waals surface area contributed by atoms with Crippen LogP contribution in [0.4, 0.5) is 26.2 Å². The fourth-order valence-corrected chi connectivity index (χ4v) is 5.83. The molecule has 0 unspecified atom stereocenters. The molecule has 3 aliphatic rings. The lowest BCUT2D eigenvalue weighted by atomic mass is 9.84. The number of hydrogen-bond donors (Lipinski definition) is 2. The van der Waals surface area contributed by atoms with Gasteiger partial charge in [-0.1, -0.05) is 0 Å². The second-order valence-corrected chi connectivity index (χ2v) is 10.5. The molecule has 184 valence electrons. The summed E-state index contributed by atoms with van der Waals surface area (Å²) in [6.45, 7) is 5.62. The average Bonchev–Trinajstić information content (AvgIpc) is 3.28. The molecule has 2 N–H and O–H groups in total. The number of nitrogens with one attached hydrogen (secondary N) is 2. The van der Waals surface area contributed by atoms with Crippen LogP contribution < -0.4 is 10.6 Å². The van der Waals surface area contributed by atoms with Gasteiger partial charge in [0.1, 0.15) is 12.1 Å². The van der Waals surface area contributed by atoms with Crippen LogP contribution in [-0.4, -0.2) is 59.2 Å². The number of benzene rings is 1. The van der Waals surface area contributed by atoms with Gasteiger partial charge >= 0.3 is 0 Å². The maximum Gasteiger partial charge on any atom is 0.229 e. The second-order valence-electron chi connectivity index (χ2n) is 10.5. The standard InChI is InChI=1S/C24H29F2N9/c1-24(2)11-15(8-16-4-3-7-34(16)24)29-22-19(26)12-27-23(31-22)30-20-10-21(35-13-28-32-33-35)17(9-18(20)25)14-5-6-14/h9-10,12-16H,3-8,11H2,1-2H3,(H2,27,29,30,31)/t15-,16-/m0/s1. The minimum atomic E-state index is -0.527. The molecule has 3 aromatic rings. The molecule has 35 heavy (non-hydrogen) atoms. The van der Waals surface area contributed by atoms with Crippen LogP contribution in [0.1, 0.15) is 63.9 Å². The van der Waals surface area contributed by atoms with Gasteiger partial charge in [-0.2, -0.15) is 4.98 Å². The summed E-state index contributed by atoms with van der Waals surface area (Å²) in [5.74, 6) is -0.411. The van der Waals surface area contributed by atoms with E-state index in [1.54, 1.807) is 6.07 Å². The maximum absolute atomic E-state index is 15.0. The normalized spacial score (nSPS) is 23.8. The van der Waals surface area contributed by atoms with Crippen molar-refractivity contribution < 1.29 is 8.78 Å². The van der Waals surface area contributed by atoms with Crippen molar-refractivity contribution in [2.75, 3.05) is 17.2 Å². The molecule has 3 fully saturated rings. The molecule has 6 rings (SSSR count). The lowest BCUT2D eigenvalue weighted by molar-refractivity contribution is 0.0500. The topological polar surface area (TPSA) is 96.7 Å². The Balaban J connectivity index is 1.25. The molecule has 0 amide bonds. The first kappa shape index (κ1) is 22.3. The summed E-state index contributed by atoms with van der Waals surface area (Å²) < 4.78 is 31.2. The van der Waals surface area contributed by atoms with E-state index in [1.165, 1.54) is 29.9 Å². The minimum absolute atomic E-state index is 0.0424.